The molecule has 4 nitrogen and oxygen atoms in total. The van der Waals surface area contributed by atoms with Crippen LogP contribution in [0.3, 0.4) is 0 Å². The Morgan fingerprint density at radius 1 is 1.45 bits per heavy atom. The lowest BCUT2D eigenvalue weighted by Crippen LogP contribution is -2.11. The van der Waals surface area contributed by atoms with Gasteiger partial charge in [0.2, 0.25) is 5.89 Å². The SMILES string of the molecule is CSCCC(N)c1nc(CSc2cccc(Cl)c2)no1. The topological polar surface area (TPSA) is 64.9 Å². The molecule has 0 bridgehead atoms. The number of aromatic nitrogens is 2. The molecular weight excluding hydrogens is 314 g/mol. The lowest BCUT2D eigenvalue weighted by atomic mass is 10.2. The Labute approximate surface area is 131 Å². The van der Waals surface area contributed by atoms with E-state index in [-0.39, 0.29) is 6.04 Å². The van der Waals surface area contributed by atoms with Crippen molar-refractivity contribution >= 4 is 35.1 Å². The van der Waals surface area contributed by atoms with Gasteiger partial charge in [-0.2, -0.15) is 16.7 Å². The molecule has 0 fully saturated rings. The molecule has 0 saturated heterocycles. The number of nitrogens with zero attached hydrogens (tertiary/aromatic N) is 2. The summed E-state index contributed by atoms with van der Waals surface area (Å²) in [6, 6.07) is 7.51. The highest BCUT2D eigenvalue weighted by Gasteiger charge is 2.14. The van der Waals surface area contributed by atoms with E-state index in [0.717, 1.165) is 22.1 Å². The van der Waals surface area contributed by atoms with E-state index >= 15 is 0 Å². The van der Waals surface area contributed by atoms with E-state index in [9.17, 15) is 0 Å². The Bertz CT molecular complexity index is 550. The zero-order valence-corrected chi connectivity index (χ0v) is 13.5. The summed E-state index contributed by atoms with van der Waals surface area (Å²) >= 11 is 9.31. The first kappa shape index (κ1) is 15.7. The quantitative estimate of drug-likeness (QED) is 0.780. The van der Waals surface area contributed by atoms with Crippen LogP contribution in [0, 0.1) is 0 Å². The average Bonchev–Trinajstić information content (AvgIpc) is 2.91. The molecule has 0 amide bonds. The van der Waals surface area contributed by atoms with Gasteiger partial charge in [0.25, 0.3) is 0 Å². The van der Waals surface area contributed by atoms with Crippen LogP contribution in [0.1, 0.15) is 24.2 Å². The average molecular weight is 330 g/mol. The van der Waals surface area contributed by atoms with Gasteiger partial charge in [0.05, 0.1) is 11.8 Å². The van der Waals surface area contributed by atoms with E-state index in [1.165, 1.54) is 0 Å². The molecule has 1 aromatic carbocycles. The molecule has 0 aliphatic heterocycles. The smallest absolute Gasteiger partial charge is 0.243 e. The fourth-order valence-electron chi connectivity index (χ4n) is 1.55. The molecule has 108 valence electrons. The van der Waals surface area contributed by atoms with Gasteiger partial charge in [-0.25, -0.2) is 0 Å². The second kappa shape index (κ2) is 7.93. The minimum atomic E-state index is -0.181. The van der Waals surface area contributed by atoms with Crippen LogP contribution in [0.2, 0.25) is 5.02 Å². The summed E-state index contributed by atoms with van der Waals surface area (Å²) in [5, 5.41) is 4.68. The van der Waals surface area contributed by atoms with Crippen molar-refractivity contribution in [3.05, 3.63) is 41.0 Å². The molecule has 1 atom stereocenters. The monoisotopic (exact) mass is 329 g/mol. The third kappa shape index (κ3) is 4.70. The first-order chi connectivity index (χ1) is 9.69. The van der Waals surface area contributed by atoms with E-state index in [0.29, 0.717) is 17.5 Å². The molecule has 0 saturated carbocycles. The number of benzene rings is 1. The van der Waals surface area contributed by atoms with Gasteiger partial charge in [0.15, 0.2) is 5.82 Å². The van der Waals surface area contributed by atoms with Crippen LogP contribution in [0.15, 0.2) is 33.7 Å². The van der Waals surface area contributed by atoms with E-state index < -0.39 is 0 Å². The molecule has 7 heteroatoms. The van der Waals surface area contributed by atoms with E-state index in [2.05, 4.69) is 10.1 Å². The lowest BCUT2D eigenvalue weighted by molar-refractivity contribution is 0.350. The molecule has 0 aliphatic carbocycles. The standard InChI is InChI=1S/C13H16ClN3OS2/c1-19-6-5-11(15)13-16-12(17-18-13)8-20-10-4-2-3-9(14)7-10/h2-4,7,11H,5-6,8,15H2,1H3. The second-order valence-electron chi connectivity index (χ2n) is 4.18. The minimum Gasteiger partial charge on any atom is -0.338 e. The maximum atomic E-state index is 5.99. The Balaban J connectivity index is 1.89. The fourth-order valence-corrected chi connectivity index (χ4v) is 3.09. The molecule has 0 aliphatic rings. The molecule has 0 radical (unpaired) electrons. The molecule has 2 aromatic rings. The van der Waals surface area contributed by atoms with E-state index in [1.807, 2.05) is 30.5 Å². The second-order valence-corrected chi connectivity index (χ2v) is 6.65. The summed E-state index contributed by atoms with van der Waals surface area (Å²) in [6.07, 6.45) is 2.89. The van der Waals surface area contributed by atoms with Crippen LogP contribution in [0.25, 0.3) is 0 Å². The van der Waals surface area contributed by atoms with Crippen molar-refractivity contribution in [2.45, 2.75) is 23.1 Å². The Morgan fingerprint density at radius 3 is 3.05 bits per heavy atom. The van der Waals surface area contributed by atoms with Gasteiger partial charge in [-0.15, -0.1) is 11.8 Å². The predicted molar refractivity (Wildman–Crippen MR) is 85.2 cm³/mol. The van der Waals surface area contributed by atoms with Crippen molar-refractivity contribution in [3.8, 4) is 0 Å². The van der Waals surface area contributed by atoms with Crippen LogP contribution < -0.4 is 5.73 Å². The zero-order chi connectivity index (χ0) is 14.4. The van der Waals surface area contributed by atoms with E-state index in [1.54, 1.807) is 23.5 Å². The van der Waals surface area contributed by atoms with Crippen molar-refractivity contribution in [1.82, 2.24) is 10.1 Å². The van der Waals surface area contributed by atoms with Crippen molar-refractivity contribution < 1.29 is 4.52 Å². The summed E-state index contributed by atoms with van der Waals surface area (Å²) < 4.78 is 5.20. The van der Waals surface area contributed by atoms with Gasteiger partial charge in [-0.05, 0) is 36.6 Å². The maximum Gasteiger partial charge on any atom is 0.243 e. The number of rotatable bonds is 7. The molecule has 1 unspecified atom stereocenters. The first-order valence-electron chi connectivity index (χ1n) is 6.14. The van der Waals surface area contributed by atoms with Crippen LogP contribution in [-0.2, 0) is 5.75 Å². The number of halogens is 1. The number of thioether (sulfide) groups is 2. The normalized spacial score (nSPS) is 12.6. The summed E-state index contributed by atoms with van der Waals surface area (Å²) in [7, 11) is 0. The van der Waals surface area contributed by atoms with Gasteiger partial charge < -0.3 is 10.3 Å². The summed E-state index contributed by atoms with van der Waals surface area (Å²) in [5.74, 6) is 2.79. The Morgan fingerprint density at radius 2 is 2.30 bits per heavy atom. The van der Waals surface area contributed by atoms with Crippen LogP contribution in [-0.4, -0.2) is 22.1 Å². The number of hydrogen-bond acceptors (Lipinski definition) is 6. The van der Waals surface area contributed by atoms with Crippen LogP contribution in [0.5, 0.6) is 0 Å². The largest absolute Gasteiger partial charge is 0.338 e. The van der Waals surface area contributed by atoms with Gasteiger partial charge in [0.1, 0.15) is 0 Å². The molecule has 0 spiro atoms. The zero-order valence-electron chi connectivity index (χ0n) is 11.1. The summed E-state index contributed by atoms with van der Waals surface area (Å²) in [5.41, 5.74) is 5.99. The van der Waals surface area contributed by atoms with Crippen LogP contribution in [0.4, 0.5) is 0 Å². The highest BCUT2D eigenvalue weighted by molar-refractivity contribution is 7.98. The molecule has 2 rings (SSSR count). The molecule has 1 aromatic heterocycles. The number of nitrogens with two attached hydrogens (primary N) is 1. The van der Waals surface area contributed by atoms with Gasteiger partial charge in [0, 0.05) is 9.92 Å². The molecule has 1 heterocycles. The van der Waals surface area contributed by atoms with Gasteiger partial charge in [-0.1, -0.05) is 22.8 Å². The Kier molecular flexibility index (Phi) is 6.22. The number of hydrogen-bond donors (Lipinski definition) is 1. The van der Waals surface area contributed by atoms with Crippen LogP contribution >= 0.6 is 35.1 Å². The Hall–Kier alpha value is -0.690. The highest BCUT2D eigenvalue weighted by atomic mass is 35.5. The van der Waals surface area contributed by atoms with Crippen molar-refractivity contribution in [2.24, 2.45) is 5.73 Å². The lowest BCUT2D eigenvalue weighted by Gasteiger charge is -2.03. The minimum absolute atomic E-state index is 0.181. The maximum absolute atomic E-state index is 5.99. The van der Waals surface area contributed by atoms with Crippen molar-refractivity contribution in [3.63, 3.8) is 0 Å². The van der Waals surface area contributed by atoms with Gasteiger partial charge >= 0.3 is 0 Å². The third-order valence-corrected chi connectivity index (χ3v) is 4.47. The van der Waals surface area contributed by atoms with E-state index in [4.69, 9.17) is 21.9 Å². The molecule has 20 heavy (non-hydrogen) atoms. The van der Waals surface area contributed by atoms with Crippen molar-refractivity contribution in [2.75, 3.05) is 12.0 Å². The summed E-state index contributed by atoms with van der Waals surface area (Å²) in [6.45, 7) is 0. The third-order valence-electron chi connectivity index (χ3n) is 2.60. The molecular formula is C13H16ClN3OS2. The highest BCUT2D eigenvalue weighted by Crippen LogP contribution is 2.24. The predicted octanol–water partition coefficient (Wildman–Crippen LogP) is 3.77. The fraction of sp³-hybridized carbons (Fsp3) is 0.385. The van der Waals surface area contributed by atoms with Crippen molar-refractivity contribution in [1.29, 1.82) is 0 Å². The van der Waals surface area contributed by atoms with Gasteiger partial charge in [-0.3, -0.25) is 0 Å². The first-order valence-corrected chi connectivity index (χ1v) is 8.90. The molecule has 2 N–H and O–H groups in total. The summed E-state index contributed by atoms with van der Waals surface area (Å²) in [4.78, 5) is 5.41.